The number of hydrogen-bond acceptors (Lipinski definition) is 5. The Labute approximate surface area is 280 Å². The van der Waals surface area contributed by atoms with Crippen LogP contribution in [0.2, 0.25) is 0 Å². The number of benzene rings is 2. The standard InChI is InChI=1S/C32H34F9N3O6/c1-29(2,3)14-21(13-25(45)46)42-27(48)22-15-44(28(49)50-9-8-17-6-4-5-7-23(17)32(39,40)41)16-24(22)43-26(47)18-10-19(30(33,34)35)12-20(11-18)31(36,37)38/h4-7,10-12,21-22,24H,8-9,13-16H2,1-3H3,(H,42,48)(H,43,47)(H,45,46)/t21-,22-,24+/m1/s1. The Morgan fingerprint density at radius 3 is 1.98 bits per heavy atom. The Kier molecular flexibility index (Phi) is 12.1. The summed E-state index contributed by atoms with van der Waals surface area (Å²) in [6.45, 7) is 3.69. The minimum Gasteiger partial charge on any atom is -0.481 e. The number of nitrogens with zero attached hydrogens (tertiary/aromatic N) is 1. The van der Waals surface area contributed by atoms with E-state index in [1.807, 2.05) is 0 Å². The van der Waals surface area contributed by atoms with Gasteiger partial charge < -0.3 is 25.4 Å². The number of hydrogen-bond donors (Lipinski definition) is 3. The summed E-state index contributed by atoms with van der Waals surface area (Å²) in [7, 11) is 0. The number of rotatable bonds is 10. The largest absolute Gasteiger partial charge is 0.481 e. The van der Waals surface area contributed by atoms with E-state index in [1.54, 1.807) is 20.8 Å². The van der Waals surface area contributed by atoms with E-state index in [4.69, 9.17) is 4.74 Å². The predicted molar refractivity (Wildman–Crippen MR) is 158 cm³/mol. The zero-order valence-electron chi connectivity index (χ0n) is 26.9. The zero-order chi connectivity index (χ0) is 37.8. The smallest absolute Gasteiger partial charge is 0.416 e. The summed E-state index contributed by atoms with van der Waals surface area (Å²) in [5.41, 5.74) is -6.21. The Hall–Kier alpha value is -4.51. The lowest BCUT2D eigenvalue weighted by Crippen LogP contribution is -2.49. The van der Waals surface area contributed by atoms with Crippen molar-refractivity contribution in [1.29, 1.82) is 0 Å². The molecule has 3 N–H and O–H groups in total. The van der Waals surface area contributed by atoms with Gasteiger partial charge in [0.25, 0.3) is 5.91 Å². The number of carboxylic acids is 1. The van der Waals surface area contributed by atoms with Gasteiger partial charge in [-0.15, -0.1) is 0 Å². The first kappa shape index (κ1) is 39.9. The number of aliphatic carboxylic acids is 1. The second kappa shape index (κ2) is 15.2. The van der Waals surface area contributed by atoms with Crippen LogP contribution in [-0.2, 0) is 39.3 Å². The third-order valence-electron chi connectivity index (χ3n) is 7.63. The van der Waals surface area contributed by atoms with E-state index < -0.39 is 114 Å². The van der Waals surface area contributed by atoms with Crippen molar-refractivity contribution in [3.8, 4) is 0 Å². The third kappa shape index (κ3) is 11.3. The fraction of sp³-hybridized carbons (Fsp3) is 0.500. The van der Waals surface area contributed by atoms with Crippen molar-refractivity contribution >= 4 is 23.9 Å². The maximum Gasteiger partial charge on any atom is 0.416 e. The molecule has 2 aromatic rings. The van der Waals surface area contributed by atoms with Crippen LogP contribution < -0.4 is 10.6 Å². The Bertz CT molecular complexity index is 1540. The van der Waals surface area contributed by atoms with Crippen LogP contribution in [0, 0.1) is 11.3 Å². The SMILES string of the molecule is CC(C)(C)C[C@@H](CC(=O)O)NC(=O)[C@@H]1CN(C(=O)OCCc2ccccc2C(F)(F)F)C[C@@H]1NC(=O)c1cc(C(F)(F)F)cc(C(F)(F)F)c1. The summed E-state index contributed by atoms with van der Waals surface area (Å²) in [6.07, 6.45) is -17.1. The summed E-state index contributed by atoms with van der Waals surface area (Å²) < 4.78 is 126. The number of nitrogens with one attached hydrogen (secondary N) is 2. The van der Waals surface area contributed by atoms with Gasteiger partial charge in [-0.3, -0.25) is 14.4 Å². The molecule has 0 aromatic heterocycles. The molecule has 3 amide bonds. The predicted octanol–water partition coefficient (Wildman–Crippen LogP) is 6.55. The molecule has 276 valence electrons. The van der Waals surface area contributed by atoms with E-state index in [9.17, 15) is 63.8 Å². The van der Waals surface area contributed by atoms with Gasteiger partial charge >= 0.3 is 30.6 Å². The Balaban J connectivity index is 1.87. The van der Waals surface area contributed by atoms with E-state index in [2.05, 4.69) is 10.6 Å². The number of halogens is 9. The maximum atomic E-state index is 13.5. The molecule has 1 fully saturated rings. The van der Waals surface area contributed by atoms with Crippen LogP contribution in [0.3, 0.4) is 0 Å². The molecular weight excluding hydrogens is 693 g/mol. The summed E-state index contributed by atoms with van der Waals surface area (Å²) in [5.74, 6) is -5.00. The van der Waals surface area contributed by atoms with Crippen molar-refractivity contribution in [2.45, 2.75) is 70.6 Å². The summed E-state index contributed by atoms with van der Waals surface area (Å²) in [6, 6.07) is 2.36. The van der Waals surface area contributed by atoms with Gasteiger partial charge in [0.2, 0.25) is 5.91 Å². The van der Waals surface area contributed by atoms with Crippen LogP contribution in [-0.4, -0.2) is 65.7 Å². The molecule has 0 bridgehead atoms. The first-order valence-corrected chi connectivity index (χ1v) is 15.0. The van der Waals surface area contributed by atoms with Crippen molar-refractivity contribution in [3.05, 3.63) is 70.3 Å². The van der Waals surface area contributed by atoms with Gasteiger partial charge in [0, 0.05) is 31.1 Å². The van der Waals surface area contributed by atoms with E-state index in [1.165, 1.54) is 18.2 Å². The van der Waals surface area contributed by atoms with Gasteiger partial charge in [-0.1, -0.05) is 39.0 Å². The van der Waals surface area contributed by atoms with Crippen LogP contribution >= 0.6 is 0 Å². The van der Waals surface area contributed by atoms with Gasteiger partial charge in [-0.05, 0) is 41.7 Å². The van der Waals surface area contributed by atoms with Gasteiger partial charge in [0.05, 0.1) is 41.7 Å². The van der Waals surface area contributed by atoms with Crippen molar-refractivity contribution < 1.29 is 68.5 Å². The molecule has 1 aliphatic rings. The fourth-order valence-electron chi connectivity index (χ4n) is 5.49. The van der Waals surface area contributed by atoms with E-state index in [-0.39, 0.29) is 36.6 Å². The Morgan fingerprint density at radius 2 is 1.46 bits per heavy atom. The number of amides is 3. The lowest BCUT2D eigenvalue weighted by Gasteiger charge is -2.28. The lowest BCUT2D eigenvalue weighted by atomic mass is 9.86. The normalized spacial score (nSPS) is 17.6. The molecule has 9 nitrogen and oxygen atoms in total. The summed E-state index contributed by atoms with van der Waals surface area (Å²) in [4.78, 5) is 51.9. The van der Waals surface area contributed by atoms with Crippen molar-refractivity contribution in [3.63, 3.8) is 0 Å². The first-order valence-electron chi connectivity index (χ1n) is 15.0. The quantitative estimate of drug-likeness (QED) is 0.239. The molecule has 1 heterocycles. The molecule has 0 radical (unpaired) electrons. The number of carbonyl (C=O) groups is 4. The highest BCUT2D eigenvalue weighted by Crippen LogP contribution is 2.37. The molecule has 18 heteroatoms. The van der Waals surface area contributed by atoms with Crippen molar-refractivity contribution in [2.75, 3.05) is 19.7 Å². The lowest BCUT2D eigenvalue weighted by molar-refractivity contribution is -0.143. The highest BCUT2D eigenvalue weighted by Gasteiger charge is 2.43. The number of carboxylic acid groups (broad SMARTS) is 1. The van der Waals surface area contributed by atoms with Crippen LogP contribution in [0.4, 0.5) is 44.3 Å². The minimum absolute atomic E-state index is 0.157. The highest BCUT2D eigenvalue weighted by atomic mass is 19.4. The molecule has 2 aromatic carbocycles. The number of ether oxygens (including phenoxy) is 1. The molecule has 50 heavy (non-hydrogen) atoms. The molecule has 0 aliphatic carbocycles. The first-order chi connectivity index (χ1) is 22.8. The zero-order valence-corrected chi connectivity index (χ0v) is 26.9. The van der Waals surface area contributed by atoms with Crippen molar-refractivity contribution in [2.24, 2.45) is 11.3 Å². The molecule has 3 rings (SSSR count). The van der Waals surface area contributed by atoms with Crippen LogP contribution in [0.1, 0.15) is 66.2 Å². The maximum absolute atomic E-state index is 13.5. The molecule has 0 saturated carbocycles. The third-order valence-corrected chi connectivity index (χ3v) is 7.63. The van der Waals surface area contributed by atoms with E-state index in [0.29, 0.717) is 0 Å². The van der Waals surface area contributed by atoms with Crippen LogP contribution in [0.5, 0.6) is 0 Å². The summed E-state index contributed by atoms with van der Waals surface area (Å²) in [5, 5.41) is 14.1. The van der Waals surface area contributed by atoms with Gasteiger partial charge in [0.15, 0.2) is 0 Å². The highest BCUT2D eigenvalue weighted by molar-refractivity contribution is 5.95. The van der Waals surface area contributed by atoms with E-state index >= 15 is 0 Å². The van der Waals surface area contributed by atoms with Crippen molar-refractivity contribution in [1.82, 2.24) is 15.5 Å². The minimum atomic E-state index is -5.26. The fourth-order valence-corrected chi connectivity index (χ4v) is 5.49. The molecule has 0 unspecified atom stereocenters. The second-order valence-electron chi connectivity index (χ2n) is 13.0. The van der Waals surface area contributed by atoms with Crippen LogP contribution in [0.25, 0.3) is 0 Å². The molecule has 0 spiro atoms. The topological polar surface area (TPSA) is 125 Å². The Morgan fingerprint density at radius 1 is 0.880 bits per heavy atom. The summed E-state index contributed by atoms with van der Waals surface area (Å²) >= 11 is 0. The van der Waals surface area contributed by atoms with E-state index in [0.717, 1.165) is 11.0 Å². The van der Waals surface area contributed by atoms with Gasteiger partial charge in [-0.2, -0.15) is 39.5 Å². The molecule has 1 saturated heterocycles. The molecule has 1 aliphatic heterocycles. The van der Waals surface area contributed by atoms with Gasteiger partial charge in [-0.25, -0.2) is 4.79 Å². The number of carbonyl (C=O) groups excluding carboxylic acids is 3. The van der Waals surface area contributed by atoms with Gasteiger partial charge in [0.1, 0.15) is 0 Å². The average Bonchev–Trinajstić information content (AvgIpc) is 3.38. The monoisotopic (exact) mass is 727 g/mol. The van der Waals surface area contributed by atoms with Crippen LogP contribution in [0.15, 0.2) is 42.5 Å². The molecular formula is C32H34F9N3O6. The number of likely N-dealkylation sites (tertiary alicyclic amines) is 1. The molecule has 3 atom stereocenters. The number of alkyl halides is 9. The second-order valence-corrected chi connectivity index (χ2v) is 13.0. The average molecular weight is 728 g/mol.